The Hall–Kier alpha value is -2.74. The van der Waals surface area contributed by atoms with Crippen molar-refractivity contribution in [3.8, 4) is 11.3 Å². The Labute approximate surface area is 182 Å². The number of anilines is 1. The van der Waals surface area contributed by atoms with Gasteiger partial charge in [0.25, 0.3) is 0 Å². The fourth-order valence-corrected chi connectivity index (χ4v) is 4.77. The highest BCUT2D eigenvalue weighted by Crippen LogP contribution is 2.33. The predicted molar refractivity (Wildman–Crippen MR) is 121 cm³/mol. The molecule has 6 nitrogen and oxygen atoms in total. The summed E-state index contributed by atoms with van der Waals surface area (Å²) in [5.74, 6) is 0. The van der Waals surface area contributed by atoms with E-state index in [1.54, 1.807) is 4.57 Å². The van der Waals surface area contributed by atoms with Crippen LogP contribution in [-0.2, 0) is 11.3 Å². The lowest BCUT2D eigenvalue weighted by Crippen LogP contribution is -2.36. The minimum absolute atomic E-state index is 0.284. The van der Waals surface area contributed by atoms with Crippen LogP contribution in [0, 0.1) is 0 Å². The van der Waals surface area contributed by atoms with E-state index in [2.05, 4.69) is 9.88 Å². The molecule has 1 aliphatic rings. The summed E-state index contributed by atoms with van der Waals surface area (Å²) in [5, 5.41) is 1.56. The maximum Gasteiger partial charge on any atom is 0.349 e. The Bertz CT molecular complexity index is 1230. The van der Waals surface area contributed by atoms with Crippen molar-refractivity contribution >= 4 is 38.4 Å². The molecular formula is C22H19ClN4O2S. The van der Waals surface area contributed by atoms with Crippen LogP contribution < -0.4 is 10.6 Å². The van der Waals surface area contributed by atoms with E-state index in [0.717, 1.165) is 39.7 Å². The van der Waals surface area contributed by atoms with Crippen LogP contribution >= 0.6 is 22.9 Å². The highest BCUT2D eigenvalue weighted by molar-refractivity contribution is 7.22. The summed E-state index contributed by atoms with van der Waals surface area (Å²) in [6.45, 7) is 3.35. The van der Waals surface area contributed by atoms with E-state index in [0.29, 0.717) is 30.5 Å². The van der Waals surface area contributed by atoms with E-state index in [1.807, 2.05) is 54.6 Å². The third-order valence-corrected chi connectivity index (χ3v) is 6.48. The van der Waals surface area contributed by atoms with Gasteiger partial charge >= 0.3 is 5.69 Å². The van der Waals surface area contributed by atoms with E-state index < -0.39 is 0 Å². The summed E-state index contributed by atoms with van der Waals surface area (Å²) in [5.41, 5.74) is 2.96. The average molecular weight is 439 g/mol. The quantitative estimate of drug-likeness (QED) is 0.481. The van der Waals surface area contributed by atoms with Gasteiger partial charge in [0.1, 0.15) is 16.0 Å². The van der Waals surface area contributed by atoms with Crippen LogP contribution in [0.4, 0.5) is 5.13 Å². The van der Waals surface area contributed by atoms with Crippen LogP contribution in [0.25, 0.3) is 21.6 Å². The largest absolute Gasteiger partial charge is 0.378 e. The number of benzene rings is 2. The molecule has 0 aliphatic carbocycles. The number of hydrogen-bond acceptors (Lipinski definition) is 6. The lowest BCUT2D eigenvalue weighted by atomic mass is 10.1. The van der Waals surface area contributed by atoms with Gasteiger partial charge in [-0.3, -0.25) is 4.57 Å². The van der Waals surface area contributed by atoms with Gasteiger partial charge in [-0.25, -0.2) is 9.78 Å². The van der Waals surface area contributed by atoms with Crippen molar-refractivity contribution in [1.29, 1.82) is 0 Å². The maximum absolute atomic E-state index is 13.1. The predicted octanol–water partition coefficient (Wildman–Crippen LogP) is 4.06. The van der Waals surface area contributed by atoms with Crippen molar-refractivity contribution in [2.24, 2.45) is 0 Å². The van der Waals surface area contributed by atoms with Crippen LogP contribution in [0.3, 0.4) is 0 Å². The van der Waals surface area contributed by atoms with Gasteiger partial charge < -0.3 is 9.64 Å². The van der Waals surface area contributed by atoms with Gasteiger partial charge in [0.05, 0.1) is 19.8 Å². The molecule has 0 atom stereocenters. The third kappa shape index (κ3) is 3.71. The van der Waals surface area contributed by atoms with Crippen LogP contribution in [0.2, 0.25) is 5.02 Å². The lowest BCUT2D eigenvalue weighted by Gasteiger charge is -2.25. The topological polar surface area (TPSA) is 60.3 Å². The zero-order chi connectivity index (χ0) is 20.5. The number of hydrogen-bond donors (Lipinski definition) is 0. The third-order valence-electron chi connectivity index (χ3n) is 5.09. The standard InChI is InChI=1S/C22H19ClN4O2S/c23-17-8-6-15(7-9-17)14-27-20-19(25-22(30-20)26-10-12-29-13-11-26)18(24-21(27)28)16-4-2-1-3-5-16/h1-9H,10-14H2. The van der Waals surface area contributed by atoms with Gasteiger partial charge in [0, 0.05) is 23.7 Å². The number of aromatic nitrogens is 3. The Morgan fingerprint density at radius 3 is 2.47 bits per heavy atom. The van der Waals surface area contributed by atoms with Crippen molar-refractivity contribution in [3.05, 3.63) is 75.7 Å². The molecule has 0 amide bonds. The monoisotopic (exact) mass is 438 g/mol. The van der Waals surface area contributed by atoms with E-state index in [4.69, 9.17) is 21.3 Å². The number of rotatable bonds is 4. The number of morpholine rings is 1. The fraction of sp³-hybridized carbons (Fsp3) is 0.227. The van der Waals surface area contributed by atoms with Gasteiger partial charge in [-0.2, -0.15) is 4.98 Å². The molecule has 8 heteroatoms. The van der Waals surface area contributed by atoms with Gasteiger partial charge in [-0.05, 0) is 17.7 Å². The number of nitrogens with zero attached hydrogens (tertiary/aromatic N) is 4. The van der Waals surface area contributed by atoms with Crippen LogP contribution in [0.1, 0.15) is 5.56 Å². The summed E-state index contributed by atoms with van der Waals surface area (Å²) in [4.78, 5) is 25.4. The Kier molecular flexibility index (Phi) is 5.25. The molecule has 0 unspecified atom stereocenters. The van der Waals surface area contributed by atoms with E-state index in [-0.39, 0.29) is 5.69 Å². The Balaban J connectivity index is 1.67. The molecule has 0 radical (unpaired) electrons. The first-order valence-electron chi connectivity index (χ1n) is 9.73. The second-order valence-electron chi connectivity index (χ2n) is 7.07. The second-order valence-corrected chi connectivity index (χ2v) is 8.46. The molecule has 152 valence electrons. The van der Waals surface area contributed by atoms with E-state index in [1.165, 1.54) is 11.3 Å². The molecule has 3 heterocycles. The highest BCUT2D eigenvalue weighted by Gasteiger charge is 2.21. The lowest BCUT2D eigenvalue weighted by molar-refractivity contribution is 0.122. The number of ether oxygens (including phenoxy) is 1. The van der Waals surface area contributed by atoms with Crippen LogP contribution in [0.5, 0.6) is 0 Å². The van der Waals surface area contributed by atoms with Crippen molar-refractivity contribution in [2.45, 2.75) is 6.54 Å². The molecule has 0 spiro atoms. The Morgan fingerprint density at radius 2 is 1.73 bits per heavy atom. The summed E-state index contributed by atoms with van der Waals surface area (Å²) < 4.78 is 7.18. The molecule has 1 aliphatic heterocycles. The minimum atomic E-state index is -0.284. The molecule has 0 N–H and O–H groups in total. The average Bonchev–Trinajstić information content (AvgIpc) is 3.23. The van der Waals surface area contributed by atoms with Gasteiger partial charge in [-0.15, -0.1) is 0 Å². The van der Waals surface area contributed by atoms with Gasteiger partial charge in [0.2, 0.25) is 0 Å². The van der Waals surface area contributed by atoms with E-state index >= 15 is 0 Å². The molecule has 0 saturated carbocycles. The van der Waals surface area contributed by atoms with E-state index in [9.17, 15) is 4.79 Å². The van der Waals surface area contributed by atoms with Gasteiger partial charge in [-0.1, -0.05) is 65.4 Å². The molecule has 2 aromatic heterocycles. The summed E-state index contributed by atoms with van der Waals surface area (Å²) >= 11 is 7.55. The van der Waals surface area contributed by atoms with Gasteiger partial charge in [0.15, 0.2) is 5.13 Å². The SMILES string of the molecule is O=c1nc(-c2ccccc2)c2nc(N3CCOCC3)sc2n1Cc1ccc(Cl)cc1. The minimum Gasteiger partial charge on any atom is -0.378 e. The number of halogens is 1. The first-order valence-corrected chi connectivity index (χ1v) is 10.9. The molecule has 5 rings (SSSR count). The Morgan fingerprint density at radius 1 is 1.00 bits per heavy atom. The molecule has 30 heavy (non-hydrogen) atoms. The van der Waals surface area contributed by atoms with Crippen molar-refractivity contribution in [3.63, 3.8) is 0 Å². The zero-order valence-corrected chi connectivity index (χ0v) is 17.7. The molecule has 1 saturated heterocycles. The smallest absolute Gasteiger partial charge is 0.349 e. The fourth-order valence-electron chi connectivity index (χ4n) is 3.53. The molecule has 4 aromatic rings. The van der Waals surface area contributed by atoms with Crippen LogP contribution in [0.15, 0.2) is 59.4 Å². The molecular weight excluding hydrogens is 420 g/mol. The molecule has 0 bridgehead atoms. The van der Waals surface area contributed by atoms with Crippen LogP contribution in [-0.4, -0.2) is 40.8 Å². The molecule has 2 aromatic carbocycles. The summed E-state index contributed by atoms with van der Waals surface area (Å²) in [6.07, 6.45) is 0. The number of fused-ring (bicyclic) bond motifs is 1. The summed E-state index contributed by atoms with van der Waals surface area (Å²) in [7, 11) is 0. The maximum atomic E-state index is 13.1. The normalized spacial score (nSPS) is 14.4. The summed E-state index contributed by atoms with van der Waals surface area (Å²) in [6, 6.07) is 17.3. The first-order chi connectivity index (χ1) is 14.7. The molecule has 1 fully saturated rings. The van der Waals surface area contributed by atoms with Crippen molar-refractivity contribution in [2.75, 3.05) is 31.2 Å². The van der Waals surface area contributed by atoms with Crippen molar-refractivity contribution < 1.29 is 4.74 Å². The second kappa shape index (κ2) is 8.18. The number of thiazole rings is 1. The highest BCUT2D eigenvalue weighted by atomic mass is 35.5. The zero-order valence-electron chi connectivity index (χ0n) is 16.1. The first kappa shape index (κ1) is 19.2. The van der Waals surface area contributed by atoms with Crippen molar-refractivity contribution in [1.82, 2.24) is 14.5 Å².